The second-order valence-electron chi connectivity index (χ2n) is 3.69. The van der Waals surface area contributed by atoms with E-state index in [0.717, 1.165) is 0 Å². The quantitative estimate of drug-likeness (QED) is 0.631. The van der Waals surface area contributed by atoms with Gasteiger partial charge in [0.2, 0.25) is 0 Å². The van der Waals surface area contributed by atoms with Crippen molar-refractivity contribution in [3.8, 4) is 0 Å². The summed E-state index contributed by atoms with van der Waals surface area (Å²) in [5, 5.41) is 0. The minimum absolute atomic E-state index is 0.526. The smallest absolute Gasteiger partial charge is 0.0435 e. The van der Waals surface area contributed by atoms with Crippen LogP contribution in [0.3, 0.4) is 0 Å². The summed E-state index contributed by atoms with van der Waals surface area (Å²) < 4.78 is 2.14. The average molecular weight is 163 g/mol. The molecule has 0 atom stereocenters. The van der Waals surface area contributed by atoms with Crippen LogP contribution in [0.5, 0.6) is 0 Å². The molecule has 1 nitrogen and oxygen atoms in total. The van der Waals surface area contributed by atoms with Gasteiger partial charge < -0.3 is 4.57 Å². The number of hydrogen-bond donors (Lipinski definition) is 0. The summed E-state index contributed by atoms with van der Waals surface area (Å²) in [4.78, 5) is 0. The third-order valence-electron chi connectivity index (χ3n) is 2.17. The normalized spacial score (nSPS) is 10.8. The molecule has 0 aliphatic rings. The van der Waals surface area contributed by atoms with Crippen LogP contribution < -0.4 is 0 Å². The van der Waals surface area contributed by atoms with E-state index >= 15 is 0 Å². The van der Waals surface area contributed by atoms with Crippen LogP contribution in [0.2, 0.25) is 0 Å². The van der Waals surface area contributed by atoms with Crippen LogP contribution in [0.4, 0.5) is 0 Å². The Bertz CT molecular complexity index is 292. The van der Waals surface area contributed by atoms with Gasteiger partial charge in [-0.05, 0) is 30.0 Å². The fraction of sp³-hybridized carbons (Fsp3) is 0.455. The van der Waals surface area contributed by atoms with Gasteiger partial charge in [-0.25, -0.2) is 0 Å². The van der Waals surface area contributed by atoms with E-state index in [4.69, 9.17) is 0 Å². The maximum Gasteiger partial charge on any atom is 0.0435 e. The minimum atomic E-state index is 0.526. The average Bonchev–Trinajstić information content (AvgIpc) is 2.28. The molecule has 0 amide bonds. The first-order chi connectivity index (χ1) is 5.52. The molecule has 0 aliphatic heterocycles. The maximum absolute atomic E-state index is 4.08. The predicted octanol–water partition coefficient (Wildman–Crippen LogP) is 3.00. The third kappa shape index (κ3) is 1.60. The monoisotopic (exact) mass is 163 g/mol. The highest BCUT2D eigenvalue weighted by Gasteiger charge is 2.07. The van der Waals surface area contributed by atoms with Crippen molar-refractivity contribution in [2.75, 3.05) is 0 Å². The first kappa shape index (κ1) is 9.11. The molecule has 0 N–H and O–H groups in total. The summed E-state index contributed by atoms with van der Waals surface area (Å²) in [5.41, 5.74) is 3.77. The zero-order valence-electron chi connectivity index (χ0n) is 8.39. The molecule has 0 radical (unpaired) electrons. The van der Waals surface area contributed by atoms with Crippen molar-refractivity contribution in [3.63, 3.8) is 0 Å². The SMILES string of the molecule is C=C(c1cc(C)cn1C)C(C)C. The Morgan fingerprint density at radius 2 is 2.08 bits per heavy atom. The van der Waals surface area contributed by atoms with Crippen LogP contribution in [-0.2, 0) is 7.05 Å². The van der Waals surface area contributed by atoms with Crippen molar-refractivity contribution in [1.29, 1.82) is 0 Å². The molecule has 1 heterocycles. The number of nitrogens with zero attached hydrogens (tertiary/aromatic N) is 1. The number of aromatic nitrogens is 1. The van der Waals surface area contributed by atoms with E-state index in [1.165, 1.54) is 16.8 Å². The Balaban J connectivity index is 3.02. The van der Waals surface area contributed by atoms with E-state index in [1.54, 1.807) is 0 Å². The van der Waals surface area contributed by atoms with Gasteiger partial charge >= 0.3 is 0 Å². The van der Waals surface area contributed by atoms with E-state index in [2.05, 4.69) is 51.2 Å². The van der Waals surface area contributed by atoms with Gasteiger partial charge in [0, 0.05) is 18.9 Å². The molecule has 0 fully saturated rings. The molecule has 0 bridgehead atoms. The van der Waals surface area contributed by atoms with Crippen LogP contribution in [0.1, 0.15) is 25.1 Å². The predicted molar refractivity (Wildman–Crippen MR) is 54.0 cm³/mol. The van der Waals surface area contributed by atoms with Crippen molar-refractivity contribution < 1.29 is 0 Å². The lowest BCUT2D eigenvalue weighted by Gasteiger charge is -2.09. The van der Waals surface area contributed by atoms with Crippen LogP contribution >= 0.6 is 0 Å². The Labute approximate surface area is 74.7 Å². The van der Waals surface area contributed by atoms with Gasteiger partial charge in [0.15, 0.2) is 0 Å². The molecule has 0 unspecified atom stereocenters. The van der Waals surface area contributed by atoms with Gasteiger partial charge in [-0.2, -0.15) is 0 Å². The fourth-order valence-electron chi connectivity index (χ4n) is 1.34. The summed E-state index contributed by atoms with van der Waals surface area (Å²) in [7, 11) is 2.07. The summed E-state index contributed by atoms with van der Waals surface area (Å²) in [6.45, 7) is 10.5. The van der Waals surface area contributed by atoms with Crippen LogP contribution in [0.25, 0.3) is 5.57 Å². The van der Waals surface area contributed by atoms with Crippen molar-refractivity contribution in [1.82, 2.24) is 4.57 Å². The highest BCUT2D eigenvalue weighted by atomic mass is 14.9. The van der Waals surface area contributed by atoms with E-state index in [1.807, 2.05) is 0 Å². The maximum atomic E-state index is 4.08. The van der Waals surface area contributed by atoms with Gasteiger partial charge in [-0.15, -0.1) is 0 Å². The van der Waals surface area contributed by atoms with Gasteiger partial charge in [0.05, 0.1) is 0 Å². The molecular formula is C11H17N. The molecule has 1 aromatic heterocycles. The van der Waals surface area contributed by atoms with E-state index in [0.29, 0.717) is 5.92 Å². The molecule has 0 saturated heterocycles. The lowest BCUT2D eigenvalue weighted by Crippen LogP contribution is -1.98. The van der Waals surface area contributed by atoms with Gasteiger partial charge in [0.1, 0.15) is 0 Å². The molecular weight excluding hydrogens is 146 g/mol. The van der Waals surface area contributed by atoms with Crippen molar-refractivity contribution in [3.05, 3.63) is 30.1 Å². The first-order valence-corrected chi connectivity index (χ1v) is 4.34. The molecule has 0 aliphatic carbocycles. The summed E-state index contributed by atoms with van der Waals surface area (Å²) >= 11 is 0. The standard InChI is InChI=1S/C11H17N/c1-8(2)10(4)11-6-9(3)7-12(11)5/h6-8H,4H2,1-3,5H3. The Morgan fingerprint density at radius 1 is 1.50 bits per heavy atom. The second kappa shape index (κ2) is 3.18. The fourth-order valence-corrected chi connectivity index (χ4v) is 1.34. The van der Waals surface area contributed by atoms with Gasteiger partial charge in [0.25, 0.3) is 0 Å². The minimum Gasteiger partial charge on any atom is -0.351 e. The topological polar surface area (TPSA) is 4.93 Å². The lowest BCUT2D eigenvalue weighted by molar-refractivity contribution is 0.820. The largest absolute Gasteiger partial charge is 0.351 e. The third-order valence-corrected chi connectivity index (χ3v) is 2.17. The molecule has 0 spiro atoms. The molecule has 1 rings (SSSR count). The molecule has 0 saturated carbocycles. The zero-order chi connectivity index (χ0) is 9.30. The molecule has 0 aromatic carbocycles. The number of hydrogen-bond acceptors (Lipinski definition) is 0. The van der Waals surface area contributed by atoms with E-state index in [-0.39, 0.29) is 0 Å². The van der Waals surface area contributed by atoms with E-state index < -0.39 is 0 Å². The van der Waals surface area contributed by atoms with Crippen LogP contribution in [-0.4, -0.2) is 4.57 Å². The molecule has 12 heavy (non-hydrogen) atoms. The molecule has 66 valence electrons. The van der Waals surface area contributed by atoms with Crippen molar-refractivity contribution in [2.45, 2.75) is 20.8 Å². The highest BCUT2D eigenvalue weighted by molar-refractivity contribution is 5.62. The van der Waals surface area contributed by atoms with Crippen molar-refractivity contribution in [2.24, 2.45) is 13.0 Å². The van der Waals surface area contributed by atoms with Crippen LogP contribution in [0, 0.1) is 12.8 Å². The number of aryl methyl sites for hydroxylation is 2. The lowest BCUT2D eigenvalue weighted by atomic mass is 10.0. The van der Waals surface area contributed by atoms with Crippen molar-refractivity contribution >= 4 is 5.57 Å². The highest BCUT2D eigenvalue weighted by Crippen LogP contribution is 2.21. The summed E-state index contributed by atoms with van der Waals surface area (Å²) in [6.07, 6.45) is 2.13. The van der Waals surface area contributed by atoms with E-state index in [9.17, 15) is 0 Å². The van der Waals surface area contributed by atoms with Gasteiger partial charge in [-0.1, -0.05) is 20.4 Å². The Kier molecular flexibility index (Phi) is 2.41. The van der Waals surface area contributed by atoms with Crippen LogP contribution in [0.15, 0.2) is 18.8 Å². The number of allylic oxidation sites excluding steroid dienone is 1. The molecule has 1 aromatic rings. The number of rotatable bonds is 2. The Morgan fingerprint density at radius 3 is 2.42 bits per heavy atom. The van der Waals surface area contributed by atoms with Gasteiger partial charge in [-0.3, -0.25) is 0 Å². The Hall–Kier alpha value is -0.980. The zero-order valence-corrected chi connectivity index (χ0v) is 8.39. The first-order valence-electron chi connectivity index (χ1n) is 4.34. The second-order valence-corrected chi connectivity index (χ2v) is 3.69. The summed E-state index contributed by atoms with van der Waals surface area (Å²) in [6, 6.07) is 2.18. The molecule has 1 heteroatoms. The summed E-state index contributed by atoms with van der Waals surface area (Å²) in [5.74, 6) is 0.526.